The summed E-state index contributed by atoms with van der Waals surface area (Å²) in [6.07, 6.45) is 0. The molecule has 1 aromatic carbocycles. The van der Waals surface area contributed by atoms with Gasteiger partial charge >= 0.3 is 0 Å². The smallest absolute Gasteiger partial charge is 0.109 e. The van der Waals surface area contributed by atoms with Crippen LogP contribution < -0.4 is 5.90 Å². The Kier molecular flexibility index (Phi) is 2.74. The maximum atomic E-state index is 5.25. The molecule has 0 fully saturated rings. The summed E-state index contributed by atoms with van der Waals surface area (Å²) < 4.78 is 0. The molecule has 0 heterocycles. The predicted molar refractivity (Wildman–Crippen MR) is 54.2 cm³/mol. The number of aryl methyl sites for hydroxylation is 2. The van der Waals surface area contributed by atoms with Crippen LogP contribution in [0.1, 0.15) is 30.5 Å². The Balaban J connectivity index is 3.16. The summed E-state index contributed by atoms with van der Waals surface area (Å²) in [6.45, 7) is 8.07. The van der Waals surface area contributed by atoms with Crippen LogP contribution in [-0.4, -0.2) is 0 Å². The van der Waals surface area contributed by atoms with Gasteiger partial charge in [0, 0.05) is 0 Å². The average Bonchev–Trinajstić information content (AvgIpc) is 2.03. The van der Waals surface area contributed by atoms with Crippen molar-refractivity contribution >= 4 is 0 Å². The standard InChI is InChI=1S/C11H17NO/c1-8-5-6-10(9(2)7-8)11(3,4)13-12/h5-7H,12H2,1-4H3. The zero-order valence-electron chi connectivity index (χ0n) is 8.72. The Morgan fingerprint density at radius 3 is 2.31 bits per heavy atom. The van der Waals surface area contributed by atoms with E-state index in [1.165, 1.54) is 11.1 Å². The van der Waals surface area contributed by atoms with Crippen LogP contribution in [0.2, 0.25) is 0 Å². The van der Waals surface area contributed by atoms with E-state index < -0.39 is 5.60 Å². The monoisotopic (exact) mass is 179 g/mol. The van der Waals surface area contributed by atoms with Crippen molar-refractivity contribution in [1.82, 2.24) is 0 Å². The van der Waals surface area contributed by atoms with Gasteiger partial charge in [-0.25, -0.2) is 5.90 Å². The molecule has 0 aliphatic rings. The topological polar surface area (TPSA) is 35.2 Å². The maximum absolute atomic E-state index is 5.25. The zero-order valence-corrected chi connectivity index (χ0v) is 8.72. The number of nitrogens with two attached hydrogens (primary N) is 1. The Morgan fingerprint density at radius 2 is 1.85 bits per heavy atom. The third-order valence-corrected chi connectivity index (χ3v) is 2.33. The van der Waals surface area contributed by atoms with Gasteiger partial charge in [0.2, 0.25) is 0 Å². The number of hydrogen-bond donors (Lipinski definition) is 1. The van der Waals surface area contributed by atoms with E-state index in [0.29, 0.717) is 0 Å². The number of rotatable bonds is 2. The van der Waals surface area contributed by atoms with Gasteiger partial charge in [-0.05, 0) is 38.8 Å². The van der Waals surface area contributed by atoms with E-state index in [1.54, 1.807) is 0 Å². The minimum absolute atomic E-state index is 0.405. The Morgan fingerprint density at radius 1 is 1.23 bits per heavy atom. The van der Waals surface area contributed by atoms with Gasteiger partial charge in [0.15, 0.2) is 0 Å². The van der Waals surface area contributed by atoms with Crippen LogP contribution in [0.25, 0.3) is 0 Å². The molecular weight excluding hydrogens is 162 g/mol. The lowest BCUT2D eigenvalue weighted by molar-refractivity contribution is -0.0240. The van der Waals surface area contributed by atoms with Crippen molar-refractivity contribution in [2.45, 2.75) is 33.3 Å². The molecule has 0 unspecified atom stereocenters. The normalized spacial score (nSPS) is 11.8. The molecule has 0 aliphatic carbocycles. The minimum atomic E-state index is -0.405. The van der Waals surface area contributed by atoms with Gasteiger partial charge in [-0.3, -0.25) is 4.84 Å². The van der Waals surface area contributed by atoms with Crippen molar-refractivity contribution in [3.05, 3.63) is 34.9 Å². The molecule has 1 rings (SSSR count). The van der Waals surface area contributed by atoms with Crippen LogP contribution in [0.4, 0.5) is 0 Å². The summed E-state index contributed by atoms with van der Waals surface area (Å²) in [4.78, 5) is 4.94. The molecule has 72 valence electrons. The highest BCUT2D eigenvalue weighted by Crippen LogP contribution is 2.26. The lowest BCUT2D eigenvalue weighted by atomic mass is 9.93. The largest absolute Gasteiger partial charge is 0.294 e. The lowest BCUT2D eigenvalue weighted by Crippen LogP contribution is -2.26. The van der Waals surface area contributed by atoms with E-state index in [9.17, 15) is 0 Å². The summed E-state index contributed by atoms with van der Waals surface area (Å²) >= 11 is 0. The van der Waals surface area contributed by atoms with Crippen molar-refractivity contribution in [2.75, 3.05) is 0 Å². The highest BCUT2D eigenvalue weighted by Gasteiger charge is 2.21. The van der Waals surface area contributed by atoms with E-state index in [-0.39, 0.29) is 0 Å². The molecule has 0 atom stereocenters. The Bertz CT molecular complexity index is 305. The van der Waals surface area contributed by atoms with Crippen molar-refractivity contribution in [2.24, 2.45) is 5.90 Å². The summed E-state index contributed by atoms with van der Waals surface area (Å²) in [6, 6.07) is 6.27. The molecule has 0 radical (unpaired) electrons. The van der Waals surface area contributed by atoms with Crippen LogP contribution in [0.15, 0.2) is 18.2 Å². The van der Waals surface area contributed by atoms with Gasteiger partial charge in [0.25, 0.3) is 0 Å². The van der Waals surface area contributed by atoms with Crippen LogP contribution >= 0.6 is 0 Å². The molecule has 0 bridgehead atoms. The van der Waals surface area contributed by atoms with Crippen LogP contribution in [0, 0.1) is 13.8 Å². The van der Waals surface area contributed by atoms with Crippen molar-refractivity contribution in [3.8, 4) is 0 Å². The summed E-state index contributed by atoms with van der Waals surface area (Å²) in [7, 11) is 0. The van der Waals surface area contributed by atoms with E-state index >= 15 is 0 Å². The second-order valence-corrected chi connectivity index (χ2v) is 3.95. The molecule has 13 heavy (non-hydrogen) atoms. The second-order valence-electron chi connectivity index (χ2n) is 3.95. The van der Waals surface area contributed by atoms with Crippen molar-refractivity contribution in [3.63, 3.8) is 0 Å². The second kappa shape index (κ2) is 3.48. The fourth-order valence-electron chi connectivity index (χ4n) is 1.55. The van der Waals surface area contributed by atoms with E-state index in [4.69, 9.17) is 10.7 Å². The Hall–Kier alpha value is -0.860. The third kappa shape index (κ3) is 2.08. The predicted octanol–water partition coefficient (Wildman–Crippen LogP) is 2.43. The van der Waals surface area contributed by atoms with E-state index in [2.05, 4.69) is 32.0 Å². The van der Waals surface area contributed by atoms with Crippen LogP contribution in [-0.2, 0) is 10.4 Å². The molecule has 2 nitrogen and oxygen atoms in total. The average molecular weight is 179 g/mol. The molecule has 0 saturated heterocycles. The molecule has 0 saturated carbocycles. The molecule has 1 aromatic rings. The molecule has 2 heteroatoms. The molecular formula is C11H17NO. The van der Waals surface area contributed by atoms with Gasteiger partial charge in [-0.15, -0.1) is 0 Å². The third-order valence-electron chi connectivity index (χ3n) is 2.33. The lowest BCUT2D eigenvalue weighted by Gasteiger charge is -2.24. The first kappa shape index (κ1) is 10.2. The first-order valence-electron chi connectivity index (χ1n) is 4.43. The van der Waals surface area contributed by atoms with Gasteiger partial charge in [0.1, 0.15) is 5.60 Å². The number of benzene rings is 1. The van der Waals surface area contributed by atoms with E-state index in [1.807, 2.05) is 13.8 Å². The van der Waals surface area contributed by atoms with Gasteiger partial charge in [-0.1, -0.05) is 23.8 Å². The van der Waals surface area contributed by atoms with Crippen molar-refractivity contribution in [1.29, 1.82) is 0 Å². The SMILES string of the molecule is Cc1ccc(C(C)(C)ON)c(C)c1. The molecule has 2 N–H and O–H groups in total. The van der Waals surface area contributed by atoms with Crippen LogP contribution in [0.5, 0.6) is 0 Å². The first-order valence-corrected chi connectivity index (χ1v) is 4.43. The molecule has 0 spiro atoms. The molecule has 0 amide bonds. The van der Waals surface area contributed by atoms with Gasteiger partial charge in [0.05, 0.1) is 0 Å². The molecule has 0 aromatic heterocycles. The number of hydrogen-bond acceptors (Lipinski definition) is 2. The summed E-state index contributed by atoms with van der Waals surface area (Å²) in [5.41, 5.74) is 3.21. The fraction of sp³-hybridized carbons (Fsp3) is 0.455. The Labute approximate surface area is 79.7 Å². The maximum Gasteiger partial charge on any atom is 0.109 e. The summed E-state index contributed by atoms with van der Waals surface area (Å²) in [5.74, 6) is 5.25. The first-order chi connectivity index (χ1) is 5.97. The van der Waals surface area contributed by atoms with Gasteiger partial charge < -0.3 is 0 Å². The highest BCUT2D eigenvalue weighted by molar-refractivity contribution is 5.34. The van der Waals surface area contributed by atoms with Crippen molar-refractivity contribution < 1.29 is 4.84 Å². The fourth-order valence-corrected chi connectivity index (χ4v) is 1.55. The van der Waals surface area contributed by atoms with Crippen LogP contribution in [0.3, 0.4) is 0 Å². The van der Waals surface area contributed by atoms with E-state index in [0.717, 1.165) is 5.56 Å². The highest BCUT2D eigenvalue weighted by atomic mass is 16.6. The summed E-state index contributed by atoms with van der Waals surface area (Å²) in [5, 5.41) is 0. The molecule has 0 aliphatic heterocycles. The zero-order chi connectivity index (χ0) is 10.1. The van der Waals surface area contributed by atoms with Gasteiger partial charge in [-0.2, -0.15) is 0 Å². The quantitative estimate of drug-likeness (QED) is 0.708. The minimum Gasteiger partial charge on any atom is -0.294 e.